The van der Waals surface area contributed by atoms with Gasteiger partial charge in [-0.25, -0.2) is 4.98 Å². The van der Waals surface area contributed by atoms with Gasteiger partial charge in [0.15, 0.2) is 5.69 Å². The van der Waals surface area contributed by atoms with Crippen molar-refractivity contribution < 1.29 is 4.79 Å². The van der Waals surface area contributed by atoms with Crippen LogP contribution in [-0.2, 0) is 0 Å². The van der Waals surface area contributed by atoms with Crippen LogP contribution in [0.1, 0.15) is 40.6 Å². The Morgan fingerprint density at radius 2 is 2.13 bits per heavy atom. The molecule has 0 unspecified atom stereocenters. The Kier molecular flexibility index (Phi) is 3.33. The number of carbonyl (C=O) groups is 1. The minimum atomic E-state index is -0.0577. The van der Waals surface area contributed by atoms with Crippen molar-refractivity contribution in [1.82, 2.24) is 30.3 Å². The van der Waals surface area contributed by atoms with Crippen LogP contribution in [0.2, 0.25) is 0 Å². The molecule has 7 nitrogen and oxygen atoms in total. The van der Waals surface area contributed by atoms with Gasteiger partial charge in [0.05, 0.1) is 17.2 Å². The van der Waals surface area contributed by atoms with Crippen LogP contribution < -0.4 is 0 Å². The van der Waals surface area contributed by atoms with Crippen molar-refractivity contribution in [2.24, 2.45) is 0 Å². The Morgan fingerprint density at radius 3 is 2.83 bits per heavy atom. The van der Waals surface area contributed by atoms with Gasteiger partial charge in [-0.3, -0.25) is 4.79 Å². The molecule has 2 aromatic heterocycles. The number of likely N-dealkylation sites (tertiary alicyclic amines) is 1. The van der Waals surface area contributed by atoms with Gasteiger partial charge in [-0.05, 0) is 31.4 Å². The van der Waals surface area contributed by atoms with Crippen molar-refractivity contribution >= 4 is 16.9 Å². The Labute approximate surface area is 133 Å². The lowest BCUT2D eigenvalue weighted by Crippen LogP contribution is -2.38. The number of amides is 1. The molecule has 0 atom stereocenters. The van der Waals surface area contributed by atoms with Gasteiger partial charge in [-0.1, -0.05) is 12.1 Å². The molecule has 0 spiro atoms. The molecule has 7 heteroatoms. The highest BCUT2D eigenvalue weighted by molar-refractivity contribution is 5.91. The van der Waals surface area contributed by atoms with E-state index < -0.39 is 0 Å². The molecule has 3 aromatic rings. The number of piperidine rings is 1. The second kappa shape index (κ2) is 5.49. The molecule has 0 radical (unpaired) electrons. The van der Waals surface area contributed by atoms with Gasteiger partial charge in [0.1, 0.15) is 5.82 Å². The summed E-state index contributed by atoms with van der Waals surface area (Å²) < 4.78 is 0. The van der Waals surface area contributed by atoms with E-state index in [-0.39, 0.29) is 5.91 Å². The summed E-state index contributed by atoms with van der Waals surface area (Å²) in [5.41, 5.74) is 3.69. The van der Waals surface area contributed by atoms with Crippen molar-refractivity contribution in [1.29, 1.82) is 0 Å². The van der Waals surface area contributed by atoms with E-state index in [2.05, 4.69) is 39.5 Å². The molecule has 0 saturated carbocycles. The Morgan fingerprint density at radius 1 is 1.30 bits per heavy atom. The molecule has 118 valence electrons. The molecule has 1 aromatic carbocycles. The van der Waals surface area contributed by atoms with Gasteiger partial charge in [0, 0.05) is 19.0 Å². The predicted molar refractivity (Wildman–Crippen MR) is 85.1 cm³/mol. The topological polar surface area (TPSA) is 90.6 Å². The molecule has 1 amide bonds. The minimum absolute atomic E-state index is 0.0577. The maximum Gasteiger partial charge on any atom is 0.276 e. The van der Waals surface area contributed by atoms with Crippen LogP contribution in [0.15, 0.2) is 24.4 Å². The average molecular weight is 310 g/mol. The Balaban J connectivity index is 1.48. The van der Waals surface area contributed by atoms with Gasteiger partial charge in [-0.2, -0.15) is 15.4 Å². The number of para-hydroxylation sites is 1. The lowest BCUT2D eigenvalue weighted by molar-refractivity contribution is 0.0705. The largest absolute Gasteiger partial charge is 0.342 e. The van der Waals surface area contributed by atoms with Crippen LogP contribution in [0.4, 0.5) is 0 Å². The van der Waals surface area contributed by atoms with Gasteiger partial charge >= 0.3 is 0 Å². The van der Waals surface area contributed by atoms with Crippen molar-refractivity contribution in [3.63, 3.8) is 0 Å². The van der Waals surface area contributed by atoms with Crippen LogP contribution in [0.3, 0.4) is 0 Å². The first-order valence-corrected chi connectivity index (χ1v) is 7.82. The van der Waals surface area contributed by atoms with Gasteiger partial charge < -0.3 is 9.88 Å². The molecular formula is C16H18N6O. The highest BCUT2D eigenvalue weighted by Gasteiger charge is 2.27. The zero-order chi connectivity index (χ0) is 15.8. The summed E-state index contributed by atoms with van der Waals surface area (Å²) in [5.74, 6) is 1.34. The molecule has 23 heavy (non-hydrogen) atoms. The molecule has 2 N–H and O–H groups in total. The summed E-state index contributed by atoms with van der Waals surface area (Å²) in [6.45, 7) is 3.50. The summed E-state index contributed by atoms with van der Waals surface area (Å²) in [7, 11) is 0. The van der Waals surface area contributed by atoms with E-state index in [1.807, 2.05) is 11.0 Å². The molecule has 1 saturated heterocycles. The Bertz CT molecular complexity index is 830. The molecule has 3 heterocycles. The first-order chi connectivity index (χ1) is 11.2. The van der Waals surface area contributed by atoms with Crippen LogP contribution in [0.5, 0.6) is 0 Å². The third-order valence-electron chi connectivity index (χ3n) is 4.54. The first-order valence-electron chi connectivity index (χ1n) is 7.82. The maximum atomic E-state index is 12.3. The monoisotopic (exact) mass is 310 g/mol. The van der Waals surface area contributed by atoms with Crippen molar-refractivity contribution in [2.75, 3.05) is 13.1 Å². The number of imidazole rings is 1. The highest BCUT2D eigenvalue weighted by Crippen LogP contribution is 2.28. The van der Waals surface area contributed by atoms with E-state index in [0.29, 0.717) is 24.7 Å². The number of H-pyrrole nitrogens is 2. The normalized spacial score (nSPS) is 16.1. The number of hydrogen-bond acceptors (Lipinski definition) is 4. The van der Waals surface area contributed by atoms with E-state index in [1.165, 1.54) is 11.8 Å². The van der Waals surface area contributed by atoms with E-state index in [4.69, 9.17) is 4.98 Å². The molecule has 1 fully saturated rings. The quantitative estimate of drug-likeness (QED) is 0.757. The summed E-state index contributed by atoms with van der Waals surface area (Å²) >= 11 is 0. The number of nitrogens with one attached hydrogen (secondary N) is 2. The number of fused-ring (bicyclic) bond motifs is 1. The standard InChI is InChI=1S/C16H18N6O/c1-10-3-2-4-12-14(10)19-15(18-12)11-5-7-22(8-6-11)16(23)13-9-17-21-20-13/h2-4,9,11H,5-8H2,1H3,(H,18,19)(H,17,20,21). The number of aromatic amines is 2. The van der Waals surface area contributed by atoms with E-state index in [0.717, 1.165) is 29.7 Å². The van der Waals surface area contributed by atoms with Gasteiger partial charge in [0.2, 0.25) is 0 Å². The van der Waals surface area contributed by atoms with Gasteiger partial charge in [0.25, 0.3) is 5.91 Å². The van der Waals surface area contributed by atoms with Crippen LogP contribution in [-0.4, -0.2) is 49.3 Å². The lowest BCUT2D eigenvalue weighted by atomic mass is 9.96. The summed E-state index contributed by atoms with van der Waals surface area (Å²) in [6, 6.07) is 6.17. The zero-order valence-corrected chi connectivity index (χ0v) is 12.9. The van der Waals surface area contributed by atoms with E-state index in [9.17, 15) is 4.79 Å². The number of hydrogen-bond donors (Lipinski definition) is 2. The van der Waals surface area contributed by atoms with Crippen LogP contribution >= 0.6 is 0 Å². The number of aryl methyl sites for hydroxylation is 1. The maximum absolute atomic E-state index is 12.3. The number of aromatic nitrogens is 5. The fourth-order valence-electron chi connectivity index (χ4n) is 3.21. The van der Waals surface area contributed by atoms with E-state index >= 15 is 0 Å². The average Bonchev–Trinajstić information content (AvgIpc) is 3.24. The first kappa shape index (κ1) is 13.9. The van der Waals surface area contributed by atoms with Crippen molar-refractivity contribution in [3.05, 3.63) is 41.5 Å². The predicted octanol–water partition coefficient (Wildman–Crippen LogP) is 2.01. The third kappa shape index (κ3) is 2.48. The third-order valence-corrected chi connectivity index (χ3v) is 4.54. The highest BCUT2D eigenvalue weighted by atomic mass is 16.2. The summed E-state index contributed by atoms with van der Waals surface area (Å²) in [5, 5.41) is 10.0. The molecule has 1 aliphatic rings. The van der Waals surface area contributed by atoms with Crippen molar-refractivity contribution in [3.8, 4) is 0 Å². The lowest BCUT2D eigenvalue weighted by Gasteiger charge is -2.30. The second-order valence-electron chi connectivity index (χ2n) is 6.01. The van der Waals surface area contributed by atoms with Gasteiger partial charge in [-0.15, -0.1) is 0 Å². The molecule has 1 aliphatic heterocycles. The minimum Gasteiger partial charge on any atom is -0.342 e. The molecular weight excluding hydrogens is 292 g/mol. The van der Waals surface area contributed by atoms with E-state index in [1.54, 1.807) is 0 Å². The second-order valence-corrected chi connectivity index (χ2v) is 6.01. The number of benzene rings is 1. The molecule has 4 rings (SSSR count). The fraction of sp³-hybridized carbons (Fsp3) is 0.375. The Hall–Kier alpha value is -2.70. The number of nitrogens with zero attached hydrogens (tertiary/aromatic N) is 4. The fourth-order valence-corrected chi connectivity index (χ4v) is 3.21. The zero-order valence-electron chi connectivity index (χ0n) is 12.9. The van der Waals surface area contributed by atoms with Crippen LogP contribution in [0.25, 0.3) is 11.0 Å². The smallest absolute Gasteiger partial charge is 0.276 e. The molecule has 0 bridgehead atoms. The van der Waals surface area contributed by atoms with Crippen molar-refractivity contribution in [2.45, 2.75) is 25.7 Å². The number of rotatable bonds is 2. The number of carbonyl (C=O) groups excluding carboxylic acids is 1. The summed E-state index contributed by atoms with van der Waals surface area (Å²) in [4.78, 5) is 22.3. The van der Waals surface area contributed by atoms with Crippen LogP contribution in [0, 0.1) is 6.92 Å². The molecule has 0 aliphatic carbocycles. The SMILES string of the molecule is Cc1cccc2[nH]c(C3CCN(C(=O)c4cn[nH]n4)CC3)nc12. The summed E-state index contributed by atoms with van der Waals surface area (Å²) in [6.07, 6.45) is 3.28.